The molecule has 0 saturated carbocycles. The van der Waals surface area contributed by atoms with E-state index >= 15 is 0 Å². The van der Waals surface area contributed by atoms with Crippen molar-refractivity contribution in [3.63, 3.8) is 0 Å². The Morgan fingerprint density at radius 2 is 1.90 bits per heavy atom. The van der Waals surface area contributed by atoms with E-state index in [-0.39, 0.29) is 0 Å². The highest BCUT2D eigenvalue weighted by molar-refractivity contribution is 5.25. The number of rotatable bonds is 5. The van der Waals surface area contributed by atoms with E-state index in [4.69, 9.17) is 10.5 Å². The summed E-state index contributed by atoms with van der Waals surface area (Å²) in [6.07, 6.45) is 1.32. The van der Waals surface area contributed by atoms with Gasteiger partial charge in [-0.25, -0.2) is 0 Å². The lowest BCUT2D eigenvalue weighted by Gasteiger charge is -2.45. The number of nitrogens with two attached hydrogens (primary N) is 1. The van der Waals surface area contributed by atoms with Crippen LogP contribution in [0.4, 0.5) is 0 Å². The van der Waals surface area contributed by atoms with Crippen LogP contribution in [0.3, 0.4) is 0 Å². The molecular formula is C18H30N2O. The first-order valence-electron chi connectivity index (χ1n) is 8.10. The molecule has 1 aromatic rings. The topological polar surface area (TPSA) is 38.5 Å². The Bertz CT molecular complexity index is 431. The molecule has 0 aromatic heterocycles. The van der Waals surface area contributed by atoms with Crippen LogP contribution in [0.2, 0.25) is 0 Å². The lowest BCUT2D eigenvalue weighted by molar-refractivity contribution is 0.0424. The van der Waals surface area contributed by atoms with E-state index in [9.17, 15) is 0 Å². The van der Waals surface area contributed by atoms with E-state index in [2.05, 4.69) is 49.9 Å². The van der Waals surface area contributed by atoms with Crippen LogP contribution in [0.5, 0.6) is 0 Å². The highest BCUT2D eigenvalue weighted by Gasteiger charge is 2.33. The molecule has 4 unspecified atom stereocenters. The molecule has 1 heterocycles. The molecule has 4 atom stereocenters. The molecule has 0 spiro atoms. The second-order valence-electron chi connectivity index (χ2n) is 6.68. The van der Waals surface area contributed by atoms with Crippen LogP contribution in [0.15, 0.2) is 24.3 Å². The largest absolute Gasteiger partial charge is 0.380 e. The van der Waals surface area contributed by atoms with Crippen molar-refractivity contribution in [2.24, 2.45) is 17.6 Å². The molecule has 0 radical (unpaired) electrons. The first kappa shape index (κ1) is 16.5. The van der Waals surface area contributed by atoms with Gasteiger partial charge < -0.3 is 10.5 Å². The van der Waals surface area contributed by atoms with Crippen LogP contribution in [0, 0.1) is 11.8 Å². The van der Waals surface area contributed by atoms with Crippen molar-refractivity contribution < 1.29 is 4.74 Å². The molecule has 1 aliphatic heterocycles. The molecule has 0 amide bonds. The molecule has 3 nitrogen and oxygen atoms in total. The van der Waals surface area contributed by atoms with Gasteiger partial charge in [-0.15, -0.1) is 0 Å². The van der Waals surface area contributed by atoms with Crippen LogP contribution >= 0.6 is 0 Å². The third-order valence-electron chi connectivity index (χ3n) is 4.94. The molecule has 1 aliphatic rings. The second-order valence-corrected chi connectivity index (χ2v) is 6.68. The lowest BCUT2D eigenvalue weighted by Crippen LogP contribution is -2.49. The van der Waals surface area contributed by atoms with Gasteiger partial charge in [0.1, 0.15) is 0 Å². The van der Waals surface area contributed by atoms with Gasteiger partial charge in [0, 0.05) is 32.3 Å². The third kappa shape index (κ3) is 3.85. The summed E-state index contributed by atoms with van der Waals surface area (Å²) in [7, 11) is 1.73. The summed E-state index contributed by atoms with van der Waals surface area (Å²) in [6.45, 7) is 9.55. The third-order valence-corrected chi connectivity index (χ3v) is 4.94. The second kappa shape index (κ2) is 7.39. The van der Waals surface area contributed by atoms with Gasteiger partial charge >= 0.3 is 0 Å². The van der Waals surface area contributed by atoms with Crippen molar-refractivity contribution in [1.82, 2.24) is 4.90 Å². The molecule has 3 heteroatoms. The molecule has 118 valence electrons. The average molecular weight is 290 g/mol. The highest BCUT2D eigenvalue weighted by atomic mass is 16.5. The van der Waals surface area contributed by atoms with Crippen molar-refractivity contribution in [3.05, 3.63) is 35.4 Å². The summed E-state index contributed by atoms with van der Waals surface area (Å²) in [6, 6.07) is 9.65. The minimum absolute atomic E-state index is 0.321. The van der Waals surface area contributed by atoms with Gasteiger partial charge in [-0.1, -0.05) is 38.1 Å². The summed E-state index contributed by atoms with van der Waals surface area (Å²) in [5.74, 6) is 1.48. The zero-order chi connectivity index (χ0) is 15.4. The van der Waals surface area contributed by atoms with E-state index in [0.29, 0.717) is 25.2 Å². The normalized spacial score (nSPS) is 28.5. The fourth-order valence-corrected chi connectivity index (χ4v) is 3.64. The first-order chi connectivity index (χ1) is 10.1. The number of hydrogen-bond donors (Lipinski definition) is 1. The minimum atomic E-state index is 0.321. The quantitative estimate of drug-likeness (QED) is 0.905. The van der Waals surface area contributed by atoms with Crippen molar-refractivity contribution in [2.45, 2.75) is 45.9 Å². The summed E-state index contributed by atoms with van der Waals surface area (Å²) in [5, 5.41) is 0. The van der Waals surface area contributed by atoms with Crippen LogP contribution in [0.25, 0.3) is 0 Å². The smallest absolute Gasteiger partial charge is 0.0713 e. The van der Waals surface area contributed by atoms with Crippen LogP contribution in [-0.2, 0) is 11.3 Å². The van der Waals surface area contributed by atoms with Crippen LogP contribution in [-0.4, -0.2) is 31.1 Å². The molecule has 1 aromatic carbocycles. The molecule has 2 rings (SSSR count). The maximum atomic E-state index is 6.12. The molecule has 21 heavy (non-hydrogen) atoms. The highest BCUT2D eigenvalue weighted by Crippen LogP contribution is 2.33. The molecule has 0 bridgehead atoms. The number of likely N-dealkylation sites (tertiary alicyclic amines) is 1. The Balaban J connectivity index is 2.17. The van der Waals surface area contributed by atoms with E-state index in [1.807, 2.05) is 0 Å². The summed E-state index contributed by atoms with van der Waals surface area (Å²) >= 11 is 0. The predicted molar refractivity (Wildman–Crippen MR) is 88.1 cm³/mol. The number of ether oxygens (including phenoxy) is 1. The van der Waals surface area contributed by atoms with Crippen molar-refractivity contribution in [2.75, 3.05) is 20.2 Å². The van der Waals surface area contributed by atoms with Gasteiger partial charge in [0.15, 0.2) is 0 Å². The lowest BCUT2D eigenvalue weighted by atomic mass is 9.84. The zero-order valence-electron chi connectivity index (χ0n) is 13.9. The maximum Gasteiger partial charge on any atom is 0.0713 e. The number of methoxy groups -OCH3 is 1. The van der Waals surface area contributed by atoms with Gasteiger partial charge in [0.05, 0.1) is 6.61 Å². The standard InChI is InChI=1S/C18H30N2O/c1-13-9-14(2)15(3)20(11-13)18(10-19)17-7-5-16(6-8-17)12-21-4/h5-8,13-15,18H,9-12,19H2,1-4H3. The van der Waals surface area contributed by atoms with Gasteiger partial charge in [-0.05, 0) is 36.3 Å². The molecule has 1 saturated heterocycles. The van der Waals surface area contributed by atoms with Crippen molar-refractivity contribution >= 4 is 0 Å². The Labute approximate surface area is 129 Å². The number of benzene rings is 1. The first-order valence-corrected chi connectivity index (χ1v) is 8.10. The van der Waals surface area contributed by atoms with E-state index in [0.717, 1.165) is 18.4 Å². The van der Waals surface area contributed by atoms with Gasteiger partial charge in [-0.3, -0.25) is 4.90 Å². The number of hydrogen-bond acceptors (Lipinski definition) is 3. The van der Waals surface area contributed by atoms with Gasteiger partial charge in [0.2, 0.25) is 0 Å². The Hall–Kier alpha value is -0.900. The molecular weight excluding hydrogens is 260 g/mol. The monoisotopic (exact) mass is 290 g/mol. The number of piperidine rings is 1. The Kier molecular flexibility index (Phi) is 5.80. The van der Waals surface area contributed by atoms with E-state index in [1.54, 1.807) is 7.11 Å². The van der Waals surface area contributed by atoms with Crippen molar-refractivity contribution in [1.29, 1.82) is 0 Å². The van der Waals surface area contributed by atoms with Gasteiger partial charge in [0.25, 0.3) is 0 Å². The Morgan fingerprint density at radius 1 is 1.24 bits per heavy atom. The van der Waals surface area contributed by atoms with Crippen LogP contribution in [0.1, 0.15) is 44.4 Å². The van der Waals surface area contributed by atoms with E-state index in [1.165, 1.54) is 17.5 Å². The minimum Gasteiger partial charge on any atom is -0.380 e. The SMILES string of the molecule is COCc1ccc(C(CN)N2CC(C)CC(C)C2C)cc1. The molecule has 2 N–H and O–H groups in total. The average Bonchev–Trinajstić information content (AvgIpc) is 2.47. The van der Waals surface area contributed by atoms with E-state index < -0.39 is 0 Å². The molecule has 1 fully saturated rings. The fourth-order valence-electron chi connectivity index (χ4n) is 3.64. The Morgan fingerprint density at radius 3 is 2.48 bits per heavy atom. The fraction of sp³-hybridized carbons (Fsp3) is 0.667. The summed E-state index contributed by atoms with van der Waals surface area (Å²) in [5.41, 5.74) is 8.66. The van der Waals surface area contributed by atoms with Crippen LogP contribution < -0.4 is 5.73 Å². The summed E-state index contributed by atoms with van der Waals surface area (Å²) < 4.78 is 5.18. The van der Waals surface area contributed by atoms with Gasteiger partial charge in [-0.2, -0.15) is 0 Å². The zero-order valence-corrected chi connectivity index (χ0v) is 13.9. The predicted octanol–water partition coefficient (Wildman–Crippen LogP) is 3.20. The summed E-state index contributed by atoms with van der Waals surface area (Å²) in [4.78, 5) is 2.60. The maximum absolute atomic E-state index is 6.12. The number of nitrogens with zero attached hydrogens (tertiary/aromatic N) is 1. The van der Waals surface area contributed by atoms with Crippen molar-refractivity contribution in [3.8, 4) is 0 Å². The molecule has 0 aliphatic carbocycles.